The highest BCUT2D eigenvalue weighted by atomic mass is 16.3. The summed E-state index contributed by atoms with van der Waals surface area (Å²) in [4.78, 5) is 0. The van der Waals surface area contributed by atoms with E-state index in [1.54, 1.807) is 0 Å². The highest BCUT2D eigenvalue weighted by molar-refractivity contribution is 6.00. The average Bonchev–Trinajstić information content (AvgIpc) is 3.33. The van der Waals surface area contributed by atoms with Crippen molar-refractivity contribution in [3.05, 3.63) is 150 Å². The standard InChI is InChI=1S/C37H29NO/c1-26-35(39-36-20-10-18-32(25-38)37(26)36)19-8-11-27-21-22-33(29-14-6-3-7-15-29)34(23-27)31-17-9-16-30(24-31)28-12-4-2-5-13-28/h2-10,12-25,38H,11H2,1H3/b19-8-,38-25?. The lowest BCUT2D eigenvalue weighted by molar-refractivity contribution is 0.601. The van der Waals surface area contributed by atoms with Gasteiger partial charge in [-0.05, 0) is 70.5 Å². The van der Waals surface area contributed by atoms with Crippen molar-refractivity contribution in [1.29, 1.82) is 5.41 Å². The summed E-state index contributed by atoms with van der Waals surface area (Å²) in [6.07, 6.45) is 6.40. The Morgan fingerprint density at radius 1 is 0.641 bits per heavy atom. The maximum atomic E-state index is 7.73. The van der Waals surface area contributed by atoms with E-state index >= 15 is 0 Å². The maximum absolute atomic E-state index is 7.73. The molecule has 2 heteroatoms. The van der Waals surface area contributed by atoms with Gasteiger partial charge in [0, 0.05) is 22.7 Å². The summed E-state index contributed by atoms with van der Waals surface area (Å²) in [6, 6.07) is 42.6. The van der Waals surface area contributed by atoms with Gasteiger partial charge in [0.1, 0.15) is 11.3 Å². The third-order valence-electron chi connectivity index (χ3n) is 7.25. The van der Waals surface area contributed by atoms with Crippen molar-refractivity contribution >= 4 is 23.3 Å². The second-order valence-corrected chi connectivity index (χ2v) is 9.76. The van der Waals surface area contributed by atoms with E-state index in [0.29, 0.717) is 0 Å². The molecule has 5 aromatic carbocycles. The number of furan rings is 1. The Hall–Kier alpha value is -4.95. The Bertz CT molecular complexity index is 1790. The van der Waals surface area contributed by atoms with E-state index in [2.05, 4.69) is 122 Å². The van der Waals surface area contributed by atoms with Crippen molar-refractivity contribution in [1.82, 2.24) is 0 Å². The van der Waals surface area contributed by atoms with Gasteiger partial charge in [0.2, 0.25) is 0 Å². The molecule has 0 amide bonds. The van der Waals surface area contributed by atoms with Crippen LogP contribution in [0.25, 0.3) is 50.4 Å². The predicted molar refractivity (Wildman–Crippen MR) is 164 cm³/mol. The molecule has 0 radical (unpaired) electrons. The zero-order chi connectivity index (χ0) is 26.6. The smallest absolute Gasteiger partial charge is 0.135 e. The van der Waals surface area contributed by atoms with Gasteiger partial charge < -0.3 is 9.83 Å². The van der Waals surface area contributed by atoms with E-state index in [-0.39, 0.29) is 0 Å². The van der Waals surface area contributed by atoms with Gasteiger partial charge in [0.05, 0.1) is 0 Å². The lowest BCUT2D eigenvalue weighted by Crippen LogP contribution is -1.90. The SMILES string of the molecule is Cc1c(/C=C\Cc2ccc(-c3ccccc3)c(-c3cccc(-c4ccccc4)c3)c2)oc2cccc(C=N)c12. The fraction of sp³-hybridized carbons (Fsp3) is 0.0541. The van der Waals surface area contributed by atoms with Crippen LogP contribution in [0.3, 0.4) is 0 Å². The summed E-state index contributed by atoms with van der Waals surface area (Å²) in [5, 5.41) is 8.74. The van der Waals surface area contributed by atoms with Crippen molar-refractivity contribution in [2.75, 3.05) is 0 Å². The van der Waals surface area contributed by atoms with Crippen LogP contribution in [-0.4, -0.2) is 6.21 Å². The average molecular weight is 504 g/mol. The van der Waals surface area contributed by atoms with E-state index in [4.69, 9.17) is 9.83 Å². The van der Waals surface area contributed by atoms with Crippen molar-refractivity contribution in [2.24, 2.45) is 0 Å². The molecule has 2 nitrogen and oxygen atoms in total. The van der Waals surface area contributed by atoms with Gasteiger partial charge in [-0.1, -0.05) is 115 Å². The first-order chi connectivity index (χ1) is 19.2. The second kappa shape index (κ2) is 10.8. The van der Waals surface area contributed by atoms with Crippen molar-refractivity contribution in [3.8, 4) is 33.4 Å². The number of fused-ring (bicyclic) bond motifs is 1. The fourth-order valence-electron chi connectivity index (χ4n) is 5.26. The number of benzene rings is 5. The monoisotopic (exact) mass is 503 g/mol. The Labute approximate surface area is 229 Å². The molecule has 0 fully saturated rings. The Morgan fingerprint density at radius 3 is 2.10 bits per heavy atom. The molecule has 1 aromatic heterocycles. The highest BCUT2D eigenvalue weighted by Crippen LogP contribution is 2.35. The van der Waals surface area contributed by atoms with E-state index in [1.807, 2.05) is 18.2 Å². The Morgan fingerprint density at radius 2 is 1.33 bits per heavy atom. The first kappa shape index (κ1) is 24.4. The van der Waals surface area contributed by atoms with Gasteiger partial charge in [0.25, 0.3) is 0 Å². The van der Waals surface area contributed by atoms with Crippen molar-refractivity contribution < 1.29 is 4.42 Å². The zero-order valence-corrected chi connectivity index (χ0v) is 21.9. The van der Waals surface area contributed by atoms with E-state index in [0.717, 1.165) is 34.3 Å². The number of rotatable bonds is 7. The number of allylic oxidation sites excluding steroid dienone is 1. The molecule has 0 atom stereocenters. The summed E-state index contributed by atoms with van der Waals surface area (Å²) in [5.74, 6) is 0.844. The molecule has 0 saturated carbocycles. The van der Waals surface area contributed by atoms with Crippen LogP contribution >= 0.6 is 0 Å². The van der Waals surface area contributed by atoms with Crippen molar-refractivity contribution in [3.63, 3.8) is 0 Å². The minimum Gasteiger partial charge on any atom is -0.456 e. The number of nitrogens with one attached hydrogen (secondary N) is 1. The molecule has 0 aliphatic rings. The molecule has 6 rings (SSSR count). The van der Waals surface area contributed by atoms with Crippen LogP contribution < -0.4 is 0 Å². The summed E-state index contributed by atoms with van der Waals surface area (Å²) in [6.45, 7) is 2.06. The molecule has 0 unspecified atom stereocenters. The van der Waals surface area contributed by atoms with Gasteiger partial charge in [-0.25, -0.2) is 0 Å². The lowest BCUT2D eigenvalue weighted by atomic mass is 9.90. The van der Waals surface area contributed by atoms with Gasteiger partial charge in [-0.2, -0.15) is 0 Å². The molecule has 39 heavy (non-hydrogen) atoms. The van der Waals surface area contributed by atoms with Gasteiger partial charge in [-0.3, -0.25) is 0 Å². The zero-order valence-electron chi connectivity index (χ0n) is 21.9. The van der Waals surface area contributed by atoms with E-state index in [9.17, 15) is 0 Å². The summed E-state index contributed by atoms with van der Waals surface area (Å²) in [5.41, 5.74) is 11.3. The number of hydrogen-bond acceptors (Lipinski definition) is 2. The van der Waals surface area contributed by atoms with Gasteiger partial charge in [0.15, 0.2) is 0 Å². The van der Waals surface area contributed by atoms with Crippen LogP contribution in [0, 0.1) is 12.3 Å². The minimum absolute atomic E-state index is 0.786. The first-order valence-electron chi connectivity index (χ1n) is 13.2. The molecule has 0 aliphatic heterocycles. The topological polar surface area (TPSA) is 37.0 Å². The van der Waals surface area contributed by atoms with Crippen LogP contribution in [0.5, 0.6) is 0 Å². The lowest BCUT2D eigenvalue weighted by Gasteiger charge is -2.14. The van der Waals surface area contributed by atoms with Crippen LogP contribution in [0.15, 0.2) is 132 Å². The van der Waals surface area contributed by atoms with Gasteiger partial charge in [-0.15, -0.1) is 0 Å². The minimum atomic E-state index is 0.786. The largest absolute Gasteiger partial charge is 0.456 e. The molecule has 1 heterocycles. The second-order valence-electron chi connectivity index (χ2n) is 9.76. The molecule has 0 bridgehead atoms. The molecular weight excluding hydrogens is 474 g/mol. The summed E-state index contributed by atoms with van der Waals surface area (Å²) < 4.78 is 6.11. The van der Waals surface area contributed by atoms with E-state index < -0.39 is 0 Å². The number of aryl methyl sites for hydroxylation is 1. The van der Waals surface area contributed by atoms with Crippen LogP contribution in [0.2, 0.25) is 0 Å². The predicted octanol–water partition coefficient (Wildman–Crippen LogP) is 10.00. The molecule has 6 aromatic rings. The van der Waals surface area contributed by atoms with E-state index in [1.165, 1.54) is 45.2 Å². The normalized spacial score (nSPS) is 11.3. The number of hydrogen-bond donors (Lipinski definition) is 1. The Balaban J connectivity index is 1.36. The maximum Gasteiger partial charge on any atom is 0.135 e. The quantitative estimate of drug-likeness (QED) is 0.216. The summed E-state index contributed by atoms with van der Waals surface area (Å²) >= 11 is 0. The highest BCUT2D eigenvalue weighted by Gasteiger charge is 2.12. The van der Waals surface area contributed by atoms with Crippen LogP contribution in [-0.2, 0) is 6.42 Å². The third kappa shape index (κ3) is 4.97. The molecule has 1 N–H and O–H groups in total. The third-order valence-corrected chi connectivity index (χ3v) is 7.25. The Kier molecular flexibility index (Phi) is 6.76. The molecule has 0 spiro atoms. The summed E-state index contributed by atoms with van der Waals surface area (Å²) in [7, 11) is 0. The molecule has 0 aliphatic carbocycles. The first-order valence-corrected chi connectivity index (χ1v) is 13.2. The molecule has 0 saturated heterocycles. The van der Waals surface area contributed by atoms with Gasteiger partial charge >= 0.3 is 0 Å². The fourth-order valence-corrected chi connectivity index (χ4v) is 5.26. The van der Waals surface area contributed by atoms with Crippen LogP contribution in [0.4, 0.5) is 0 Å². The molecular formula is C37H29NO. The van der Waals surface area contributed by atoms with Crippen LogP contribution in [0.1, 0.15) is 22.5 Å². The van der Waals surface area contributed by atoms with Crippen molar-refractivity contribution in [2.45, 2.75) is 13.3 Å². The molecule has 188 valence electrons.